The topological polar surface area (TPSA) is 40.5 Å². The smallest absolute Gasteiger partial charge is 0.311 e. The fourth-order valence-corrected chi connectivity index (χ4v) is 3.97. The summed E-state index contributed by atoms with van der Waals surface area (Å²) in [5.41, 5.74) is -0.602. The largest absolute Gasteiger partial charge is 0.481 e. The molecule has 2 atom stereocenters. The zero-order chi connectivity index (χ0) is 14.2. The Morgan fingerprint density at radius 1 is 1.47 bits per heavy atom. The van der Waals surface area contributed by atoms with E-state index < -0.39 is 11.4 Å². The quantitative estimate of drug-likeness (QED) is 0.917. The number of carboxylic acid groups (broad SMARTS) is 1. The Morgan fingerprint density at radius 3 is 2.58 bits per heavy atom. The summed E-state index contributed by atoms with van der Waals surface area (Å²) in [5, 5.41) is 9.56. The van der Waals surface area contributed by atoms with Crippen LogP contribution in [0.2, 0.25) is 4.34 Å². The van der Waals surface area contributed by atoms with Crippen molar-refractivity contribution < 1.29 is 9.90 Å². The normalized spacial score (nSPS) is 25.9. The lowest BCUT2D eigenvalue weighted by molar-refractivity contribution is -0.151. The molecule has 1 aliphatic rings. The molecule has 1 saturated heterocycles. The molecule has 1 N–H and O–H groups in total. The Morgan fingerprint density at radius 2 is 2.16 bits per heavy atom. The number of carbonyl (C=O) groups is 1. The lowest BCUT2D eigenvalue weighted by Crippen LogP contribution is -2.39. The van der Waals surface area contributed by atoms with Crippen LogP contribution in [0.1, 0.15) is 38.1 Å². The van der Waals surface area contributed by atoms with Crippen molar-refractivity contribution >= 4 is 28.9 Å². The summed E-state index contributed by atoms with van der Waals surface area (Å²) < 4.78 is 0.786. The van der Waals surface area contributed by atoms with E-state index in [9.17, 15) is 9.90 Å². The molecular weight excluding hydrogens is 282 g/mol. The van der Waals surface area contributed by atoms with Crippen LogP contribution in [0.3, 0.4) is 0 Å². The van der Waals surface area contributed by atoms with Crippen molar-refractivity contribution in [2.45, 2.75) is 33.2 Å². The van der Waals surface area contributed by atoms with Gasteiger partial charge in [-0.15, -0.1) is 11.3 Å². The molecule has 0 saturated carbocycles. The number of carboxylic acids is 1. The molecule has 1 aromatic rings. The van der Waals surface area contributed by atoms with Crippen molar-refractivity contribution in [2.24, 2.45) is 11.3 Å². The fourth-order valence-electron chi connectivity index (χ4n) is 2.82. The molecule has 2 unspecified atom stereocenters. The van der Waals surface area contributed by atoms with E-state index in [2.05, 4.69) is 11.8 Å². The van der Waals surface area contributed by atoms with E-state index in [4.69, 9.17) is 11.6 Å². The van der Waals surface area contributed by atoms with Crippen LogP contribution in [0.15, 0.2) is 12.1 Å². The Labute approximate surface area is 123 Å². The van der Waals surface area contributed by atoms with E-state index in [0.29, 0.717) is 6.54 Å². The SMILES string of the molecule is CC(c1ccc(Cl)s1)N1CCC(C(=O)O)(C(C)C)C1. The number of nitrogens with zero attached hydrogens (tertiary/aromatic N) is 1. The summed E-state index contributed by atoms with van der Waals surface area (Å²) in [7, 11) is 0. The summed E-state index contributed by atoms with van der Waals surface area (Å²) in [6.45, 7) is 7.59. The summed E-state index contributed by atoms with van der Waals surface area (Å²) in [6.07, 6.45) is 0.726. The van der Waals surface area contributed by atoms with Gasteiger partial charge in [-0.3, -0.25) is 9.69 Å². The first kappa shape index (κ1) is 14.8. The molecule has 3 nitrogen and oxygen atoms in total. The van der Waals surface area contributed by atoms with E-state index in [1.807, 2.05) is 26.0 Å². The third-order valence-electron chi connectivity index (χ3n) is 4.41. The third kappa shape index (κ3) is 2.67. The van der Waals surface area contributed by atoms with Crippen LogP contribution in [0.4, 0.5) is 0 Å². The highest BCUT2D eigenvalue weighted by atomic mass is 35.5. The van der Waals surface area contributed by atoms with Crippen molar-refractivity contribution in [3.8, 4) is 0 Å². The molecule has 0 aromatic carbocycles. The molecule has 2 heterocycles. The Bertz CT molecular complexity index is 474. The zero-order valence-electron chi connectivity index (χ0n) is 11.5. The van der Waals surface area contributed by atoms with E-state index >= 15 is 0 Å². The first-order valence-electron chi connectivity index (χ1n) is 6.59. The standard InChI is InChI=1S/C14H20ClNO2S/c1-9(2)14(13(17)18)6-7-16(8-14)10(3)11-4-5-12(15)19-11/h4-5,9-10H,6-8H2,1-3H3,(H,17,18). The van der Waals surface area contributed by atoms with Crippen LogP contribution in [-0.4, -0.2) is 29.1 Å². The van der Waals surface area contributed by atoms with Crippen LogP contribution in [-0.2, 0) is 4.79 Å². The van der Waals surface area contributed by atoms with Gasteiger partial charge >= 0.3 is 5.97 Å². The van der Waals surface area contributed by atoms with Crippen LogP contribution in [0.25, 0.3) is 0 Å². The Balaban J connectivity index is 2.15. The molecular formula is C14H20ClNO2S. The van der Waals surface area contributed by atoms with Crippen molar-refractivity contribution in [1.82, 2.24) is 4.90 Å². The highest BCUT2D eigenvalue weighted by Gasteiger charge is 2.48. The molecule has 106 valence electrons. The number of likely N-dealkylation sites (tertiary alicyclic amines) is 1. The van der Waals surface area contributed by atoms with Crippen LogP contribution in [0.5, 0.6) is 0 Å². The van der Waals surface area contributed by atoms with Crippen LogP contribution < -0.4 is 0 Å². The van der Waals surface area contributed by atoms with Crippen LogP contribution >= 0.6 is 22.9 Å². The fraction of sp³-hybridized carbons (Fsp3) is 0.643. The number of aliphatic carboxylic acids is 1. The maximum absolute atomic E-state index is 11.6. The second-order valence-corrected chi connectivity index (χ2v) is 7.40. The average molecular weight is 302 g/mol. The first-order valence-corrected chi connectivity index (χ1v) is 7.79. The van der Waals surface area contributed by atoms with Gasteiger partial charge in [0.25, 0.3) is 0 Å². The van der Waals surface area contributed by atoms with Gasteiger partial charge in [-0.1, -0.05) is 25.4 Å². The first-order chi connectivity index (χ1) is 8.86. The second kappa shape index (κ2) is 5.43. The number of rotatable bonds is 4. The van der Waals surface area contributed by atoms with E-state index in [1.165, 1.54) is 4.88 Å². The highest BCUT2D eigenvalue weighted by Crippen LogP contribution is 2.42. The monoisotopic (exact) mass is 301 g/mol. The number of hydrogen-bond acceptors (Lipinski definition) is 3. The third-order valence-corrected chi connectivity index (χ3v) is 5.82. The van der Waals surface area contributed by atoms with Crippen LogP contribution in [0, 0.1) is 11.3 Å². The van der Waals surface area contributed by atoms with Crippen molar-refractivity contribution in [1.29, 1.82) is 0 Å². The van der Waals surface area contributed by atoms with Crippen molar-refractivity contribution in [2.75, 3.05) is 13.1 Å². The van der Waals surface area contributed by atoms with E-state index in [1.54, 1.807) is 11.3 Å². The molecule has 1 fully saturated rings. The summed E-state index contributed by atoms with van der Waals surface area (Å²) in [6, 6.07) is 4.17. The predicted octanol–water partition coefficient (Wildman–Crippen LogP) is 3.90. The summed E-state index contributed by atoms with van der Waals surface area (Å²) in [4.78, 5) is 15.1. The number of hydrogen-bond donors (Lipinski definition) is 1. The maximum atomic E-state index is 11.6. The number of halogens is 1. The van der Waals surface area contributed by atoms with Gasteiger partial charge in [0.05, 0.1) is 9.75 Å². The van der Waals surface area contributed by atoms with Crippen molar-refractivity contribution in [3.05, 3.63) is 21.3 Å². The Kier molecular flexibility index (Phi) is 4.23. The van der Waals surface area contributed by atoms with Gasteiger partial charge in [0.1, 0.15) is 0 Å². The Hall–Kier alpha value is -0.580. The molecule has 1 aliphatic heterocycles. The predicted molar refractivity (Wildman–Crippen MR) is 78.8 cm³/mol. The molecule has 5 heteroatoms. The lowest BCUT2D eigenvalue weighted by Gasteiger charge is -2.30. The minimum absolute atomic E-state index is 0.147. The molecule has 0 radical (unpaired) electrons. The highest BCUT2D eigenvalue weighted by molar-refractivity contribution is 7.16. The molecule has 1 aromatic heterocycles. The minimum atomic E-state index is -0.665. The average Bonchev–Trinajstić information content (AvgIpc) is 2.94. The lowest BCUT2D eigenvalue weighted by atomic mass is 9.76. The van der Waals surface area contributed by atoms with Crippen molar-refractivity contribution in [3.63, 3.8) is 0 Å². The van der Waals surface area contributed by atoms with Gasteiger partial charge in [-0.25, -0.2) is 0 Å². The zero-order valence-corrected chi connectivity index (χ0v) is 13.1. The van der Waals surface area contributed by atoms with Gasteiger partial charge < -0.3 is 5.11 Å². The second-order valence-electron chi connectivity index (χ2n) is 5.65. The molecule has 19 heavy (non-hydrogen) atoms. The van der Waals surface area contributed by atoms with Gasteiger partial charge in [0.15, 0.2) is 0 Å². The molecule has 0 spiro atoms. The maximum Gasteiger partial charge on any atom is 0.311 e. The number of thiophene rings is 1. The molecule has 0 amide bonds. The summed E-state index contributed by atoms with van der Waals surface area (Å²) in [5.74, 6) is -0.518. The van der Waals surface area contributed by atoms with E-state index in [0.717, 1.165) is 17.3 Å². The molecule has 0 aliphatic carbocycles. The van der Waals surface area contributed by atoms with Gasteiger partial charge in [-0.2, -0.15) is 0 Å². The summed E-state index contributed by atoms with van der Waals surface area (Å²) >= 11 is 7.55. The molecule has 2 rings (SSSR count). The van der Waals surface area contributed by atoms with Gasteiger partial charge in [0.2, 0.25) is 0 Å². The molecule has 0 bridgehead atoms. The van der Waals surface area contributed by atoms with Gasteiger partial charge in [0, 0.05) is 17.5 Å². The minimum Gasteiger partial charge on any atom is -0.481 e. The van der Waals surface area contributed by atoms with Gasteiger partial charge in [-0.05, 0) is 37.9 Å². The van der Waals surface area contributed by atoms with E-state index in [-0.39, 0.29) is 12.0 Å².